The summed E-state index contributed by atoms with van der Waals surface area (Å²) >= 11 is 0. The fraction of sp³-hybridized carbons (Fsp3) is 0.632. The fourth-order valence-electron chi connectivity index (χ4n) is 2.87. The molecule has 0 unspecified atom stereocenters. The summed E-state index contributed by atoms with van der Waals surface area (Å²) in [5, 5.41) is 3.02. The molecule has 0 spiro atoms. The molecule has 134 valence electrons. The van der Waals surface area contributed by atoms with Crippen LogP contribution in [0.1, 0.15) is 31.9 Å². The van der Waals surface area contributed by atoms with Crippen LogP contribution in [0.15, 0.2) is 24.3 Å². The minimum Gasteiger partial charge on any atom is -0.377 e. The first-order chi connectivity index (χ1) is 11.6. The monoisotopic (exact) mass is 333 g/mol. The molecule has 1 aromatic carbocycles. The lowest BCUT2D eigenvalue weighted by molar-refractivity contribution is -0.122. The van der Waals surface area contributed by atoms with Crippen molar-refractivity contribution in [3.05, 3.63) is 35.4 Å². The first-order valence-corrected chi connectivity index (χ1v) is 8.97. The quantitative estimate of drug-likeness (QED) is 0.789. The highest BCUT2D eigenvalue weighted by Crippen LogP contribution is 2.07. The topological polar surface area (TPSA) is 44.8 Å². The SMILES string of the molecule is CCOCc1ccc(CNC(=O)CN2CCN(C(C)C)CC2)cc1. The van der Waals surface area contributed by atoms with Crippen LogP contribution >= 0.6 is 0 Å². The van der Waals surface area contributed by atoms with Gasteiger partial charge in [0.1, 0.15) is 0 Å². The summed E-state index contributed by atoms with van der Waals surface area (Å²) in [5.41, 5.74) is 2.28. The molecular weight excluding hydrogens is 302 g/mol. The molecule has 1 aliphatic rings. The van der Waals surface area contributed by atoms with Crippen molar-refractivity contribution in [2.45, 2.75) is 40.0 Å². The van der Waals surface area contributed by atoms with Gasteiger partial charge in [-0.2, -0.15) is 0 Å². The molecule has 1 heterocycles. The molecule has 24 heavy (non-hydrogen) atoms. The Morgan fingerprint density at radius 2 is 1.75 bits per heavy atom. The molecule has 0 aliphatic carbocycles. The van der Waals surface area contributed by atoms with Crippen molar-refractivity contribution in [3.8, 4) is 0 Å². The average molecular weight is 333 g/mol. The molecule has 1 aliphatic heterocycles. The van der Waals surface area contributed by atoms with Gasteiger partial charge in [-0.1, -0.05) is 24.3 Å². The third kappa shape index (κ3) is 6.23. The molecular formula is C19H31N3O2. The van der Waals surface area contributed by atoms with Crippen LogP contribution in [0.25, 0.3) is 0 Å². The minimum absolute atomic E-state index is 0.103. The Bertz CT molecular complexity index is 494. The molecule has 2 rings (SSSR count). The lowest BCUT2D eigenvalue weighted by Gasteiger charge is -2.36. The van der Waals surface area contributed by atoms with E-state index in [1.165, 1.54) is 0 Å². The highest BCUT2D eigenvalue weighted by Gasteiger charge is 2.20. The van der Waals surface area contributed by atoms with Crippen LogP contribution in [-0.2, 0) is 22.7 Å². The van der Waals surface area contributed by atoms with Crippen LogP contribution in [0.2, 0.25) is 0 Å². The van der Waals surface area contributed by atoms with Gasteiger partial charge in [-0.05, 0) is 31.9 Å². The number of hydrogen-bond acceptors (Lipinski definition) is 4. The number of amides is 1. The molecule has 5 nitrogen and oxygen atoms in total. The standard InChI is InChI=1S/C19H31N3O2/c1-4-24-15-18-7-5-17(6-8-18)13-20-19(23)14-21-9-11-22(12-10-21)16(2)3/h5-8,16H,4,9-15H2,1-3H3,(H,20,23). The number of benzene rings is 1. The first kappa shape index (κ1) is 18.9. The number of carbonyl (C=O) groups excluding carboxylic acids is 1. The molecule has 5 heteroatoms. The van der Waals surface area contributed by atoms with Gasteiger partial charge in [0.15, 0.2) is 0 Å². The third-order valence-corrected chi connectivity index (χ3v) is 4.49. The molecule has 0 bridgehead atoms. The normalized spacial score (nSPS) is 16.5. The number of hydrogen-bond donors (Lipinski definition) is 1. The molecule has 0 radical (unpaired) electrons. The van der Waals surface area contributed by atoms with Crippen molar-refractivity contribution in [2.24, 2.45) is 0 Å². The minimum atomic E-state index is 0.103. The van der Waals surface area contributed by atoms with Gasteiger partial charge in [-0.25, -0.2) is 0 Å². The van der Waals surface area contributed by atoms with Gasteiger partial charge in [0.25, 0.3) is 0 Å². The second-order valence-electron chi connectivity index (χ2n) is 6.64. The Kier molecular flexibility index (Phi) is 7.69. The van der Waals surface area contributed by atoms with E-state index in [4.69, 9.17) is 4.74 Å². The van der Waals surface area contributed by atoms with E-state index in [0.717, 1.165) is 43.9 Å². The Balaban J connectivity index is 1.68. The van der Waals surface area contributed by atoms with Gasteiger partial charge in [-0.15, -0.1) is 0 Å². The molecule has 1 amide bonds. The zero-order chi connectivity index (χ0) is 17.4. The number of carbonyl (C=O) groups is 1. The molecule has 0 saturated carbocycles. The fourth-order valence-corrected chi connectivity index (χ4v) is 2.87. The number of rotatable bonds is 8. The smallest absolute Gasteiger partial charge is 0.234 e. The second-order valence-corrected chi connectivity index (χ2v) is 6.64. The van der Waals surface area contributed by atoms with Crippen LogP contribution in [0, 0.1) is 0 Å². The zero-order valence-corrected chi connectivity index (χ0v) is 15.3. The highest BCUT2D eigenvalue weighted by molar-refractivity contribution is 5.78. The van der Waals surface area contributed by atoms with E-state index >= 15 is 0 Å². The van der Waals surface area contributed by atoms with E-state index in [1.807, 2.05) is 6.92 Å². The summed E-state index contributed by atoms with van der Waals surface area (Å²) in [4.78, 5) is 16.8. The van der Waals surface area contributed by atoms with Crippen molar-refractivity contribution in [1.29, 1.82) is 0 Å². The average Bonchev–Trinajstić information content (AvgIpc) is 2.59. The Morgan fingerprint density at radius 3 is 2.33 bits per heavy atom. The Labute approximate surface area is 146 Å². The van der Waals surface area contributed by atoms with Crippen molar-refractivity contribution in [1.82, 2.24) is 15.1 Å². The van der Waals surface area contributed by atoms with Crippen LogP contribution in [0.5, 0.6) is 0 Å². The predicted octanol–water partition coefficient (Wildman–Crippen LogP) is 1.87. The summed E-state index contributed by atoms with van der Waals surface area (Å²) in [5.74, 6) is 0.103. The van der Waals surface area contributed by atoms with Crippen molar-refractivity contribution >= 4 is 5.91 Å². The molecule has 1 aromatic rings. The van der Waals surface area contributed by atoms with Gasteiger partial charge in [0.05, 0.1) is 13.2 Å². The molecule has 1 saturated heterocycles. The van der Waals surface area contributed by atoms with Gasteiger partial charge in [0.2, 0.25) is 5.91 Å². The predicted molar refractivity (Wildman–Crippen MR) is 96.8 cm³/mol. The Morgan fingerprint density at radius 1 is 1.12 bits per heavy atom. The summed E-state index contributed by atoms with van der Waals surface area (Å²) in [7, 11) is 0. The first-order valence-electron chi connectivity index (χ1n) is 8.97. The van der Waals surface area contributed by atoms with Gasteiger partial charge < -0.3 is 10.1 Å². The van der Waals surface area contributed by atoms with Crippen LogP contribution in [-0.4, -0.2) is 61.1 Å². The van der Waals surface area contributed by atoms with E-state index in [-0.39, 0.29) is 5.91 Å². The highest BCUT2D eigenvalue weighted by atomic mass is 16.5. The number of nitrogens with zero attached hydrogens (tertiary/aromatic N) is 2. The lowest BCUT2D eigenvalue weighted by Crippen LogP contribution is -2.51. The van der Waals surface area contributed by atoms with Gasteiger partial charge in [0, 0.05) is 45.4 Å². The Hall–Kier alpha value is -1.43. The van der Waals surface area contributed by atoms with Crippen molar-refractivity contribution < 1.29 is 9.53 Å². The second kappa shape index (κ2) is 9.77. The maximum absolute atomic E-state index is 12.1. The summed E-state index contributed by atoms with van der Waals surface area (Å²) in [6.07, 6.45) is 0. The van der Waals surface area contributed by atoms with E-state index in [2.05, 4.69) is 53.2 Å². The number of piperazine rings is 1. The number of nitrogens with one attached hydrogen (secondary N) is 1. The van der Waals surface area contributed by atoms with E-state index < -0.39 is 0 Å². The summed E-state index contributed by atoms with van der Waals surface area (Å²) < 4.78 is 5.39. The maximum atomic E-state index is 12.1. The molecule has 0 atom stereocenters. The summed E-state index contributed by atoms with van der Waals surface area (Å²) in [6, 6.07) is 8.81. The van der Waals surface area contributed by atoms with E-state index in [9.17, 15) is 4.79 Å². The summed E-state index contributed by atoms with van der Waals surface area (Å²) in [6.45, 7) is 12.9. The number of ether oxygens (including phenoxy) is 1. The van der Waals surface area contributed by atoms with E-state index in [1.54, 1.807) is 0 Å². The van der Waals surface area contributed by atoms with Crippen molar-refractivity contribution in [2.75, 3.05) is 39.3 Å². The molecule has 0 aromatic heterocycles. The van der Waals surface area contributed by atoms with Crippen LogP contribution < -0.4 is 5.32 Å². The third-order valence-electron chi connectivity index (χ3n) is 4.49. The van der Waals surface area contributed by atoms with Crippen LogP contribution in [0.3, 0.4) is 0 Å². The van der Waals surface area contributed by atoms with E-state index in [0.29, 0.717) is 25.7 Å². The zero-order valence-electron chi connectivity index (χ0n) is 15.3. The largest absolute Gasteiger partial charge is 0.377 e. The van der Waals surface area contributed by atoms with Crippen LogP contribution in [0.4, 0.5) is 0 Å². The lowest BCUT2D eigenvalue weighted by atomic mass is 10.1. The van der Waals surface area contributed by atoms with Gasteiger partial charge >= 0.3 is 0 Å². The molecule has 1 N–H and O–H groups in total. The molecule has 1 fully saturated rings. The van der Waals surface area contributed by atoms with Crippen molar-refractivity contribution in [3.63, 3.8) is 0 Å². The maximum Gasteiger partial charge on any atom is 0.234 e. The van der Waals surface area contributed by atoms with Gasteiger partial charge in [-0.3, -0.25) is 14.6 Å².